The fraction of sp³-hybridized carbons (Fsp3) is 0.320. The number of rotatable bonds is 6. The van der Waals surface area contributed by atoms with Crippen LogP contribution < -0.4 is 5.32 Å². The molecule has 2 aromatic carbocycles. The smallest absolute Gasteiger partial charge is 0.335 e. The molecule has 1 heterocycles. The lowest BCUT2D eigenvalue weighted by molar-refractivity contribution is 0.0697. The molecule has 2 N–H and O–H groups in total. The van der Waals surface area contributed by atoms with E-state index in [1.165, 1.54) is 53.0 Å². The van der Waals surface area contributed by atoms with Crippen LogP contribution in [0.4, 0.5) is 5.69 Å². The third-order valence-electron chi connectivity index (χ3n) is 5.92. The van der Waals surface area contributed by atoms with Gasteiger partial charge < -0.3 is 10.4 Å². The van der Waals surface area contributed by atoms with Gasteiger partial charge in [-0.3, -0.25) is 0 Å². The van der Waals surface area contributed by atoms with Gasteiger partial charge in [0.1, 0.15) is 0 Å². The summed E-state index contributed by atoms with van der Waals surface area (Å²) < 4.78 is 0. The number of anilines is 1. The summed E-state index contributed by atoms with van der Waals surface area (Å²) in [4.78, 5) is 13.8. The second kappa shape index (κ2) is 8.83. The molecule has 1 aliphatic carbocycles. The quantitative estimate of drug-likeness (QED) is 0.457. The van der Waals surface area contributed by atoms with Gasteiger partial charge in [-0.15, -0.1) is 11.3 Å². The molecule has 150 valence electrons. The molecule has 1 saturated carbocycles. The van der Waals surface area contributed by atoms with Crippen molar-refractivity contribution in [3.8, 4) is 10.4 Å². The molecule has 0 bridgehead atoms. The van der Waals surface area contributed by atoms with E-state index in [4.69, 9.17) is 5.11 Å². The standard InChI is InChI=1S/C25H27NO2S/c1-17-22(16-23(29-17)18-8-4-2-5-9-18)24(19-10-6-3-7-11-19)26-21-14-12-20(13-15-21)25(27)28/h2,4-5,8-9,12-16,19,24,26H,3,6-7,10-11H2,1H3,(H,27,28). The van der Waals surface area contributed by atoms with Crippen molar-refractivity contribution < 1.29 is 9.90 Å². The fourth-order valence-electron chi connectivity index (χ4n) is 4.36. The van der Waals surface area contributed by atoms with Crippen molar-refractivity contribution in [2.45, 2.75) is 45.1 Å². The molecular weight excluding hydrogens is 378 g/mol. The molecule has 1 atom stereocenters. The Morgan fingerprint density at radius 1 is 1.03 bits per heavy atom. The van der Waals surface area contributed by atoms with Crippen LogP contribution in [0.2, 0.25) is 0 Å². The lowest BCUT2D eigenvalue weighted by Gasteiger charge is -2.32. The van der Waals surface area contributed by atoms with Gasteiger partial charge in [-0.25, -0.2) is 4.79 Å². The van der Waals surface area contributed by atoms with E-state index in [0.717, 1.165) is 5.69 Å². The highest BCUT2D eigenvalue weighted by atomic mass is 32.1. The van der Waals surface area contributed by atoms with Crippen LogP contribution in [0.15, 0.2) is 60.7 Å². The Morgan fingerprint density at radius 3 is 2.38 bits per heavy atom. The fourth-order valence-corrected chi connectivity index (χ4v) is 5.43. The molecule has 1 aliphatic rings. The second-order valence-electron chi connectivity index (χ2n) is 7.89. The Labute approximate surface area is 176 Å². The molecule has 0 radical (unpaired) electrons. The van der Waals surface area contributed by atoms with E-state index < -0.39 is 5.97 Å². The molecule has 0 aliphatic heterocycles. The van der Waals surface area contributed by atoms with Crippen molar-refractivity contribution in [1.82, 2.24) is 0 Å². The van der Waals surface area contributed by atoms with Crippen molar-refractivity contribution in [1.29, 1.82) is 0 Å². The number of nitrogens with one attached hydrogen (secondary N) is 1. The van der Waals surface area contributed by atoms with Crippen molar-refractivity contribution in [2.24, 2.45) is 5.92 Å². The third kappa shape index (κ3) is 4.54. The van der Waals surface area contributed by atoms with Gasteiger partial charge >= 0.3 is 5.97 Å². The first-order chi connectivity index (χ1) is 14.1. The van der Waals surface area contributed by atoms with Crippen LogP contribution in [0.3, 0.4) is 0 Å². The number of aryl methyl sites for hydroxylation is 1. The first kappa shape index (κ1) is 19.7. The summed E-state index contributed by atoms with van der Waals surface area (Å²) in [5, 5.41) is 12.9. The van der Waals surface area contributed by atoms with Crippen LogP contribution in [-0.4, -0.2) is 11.1 Å². The molecule has 0 saturated heterocycles. The van der Waals surface area contributed by atoms with E-state index in [2.05, 4.69) is 48.6 Å². The topological polar surface area (TPSA) is 49.3 Å². The van der Waals surface area contributed by atoms with Gasteiger partial charge in [-0.1, -0.05) is 49.6 Å². The van der Waals surface area contributed by atoms with Gasteiger partial charge in [0, 0.05) is 15.4 Å². The first-order valence-corrected chi connectivity index (χ1v) is 11.2. The zero-order valence-electron chi connectivity index (χ0n) is 16.7. The molecule has 3 aromatic rings. The number of aromatic carboxylic acids is 1. The molecule has 0 spiro atoms. The number of benzene rings is 2. The minimum absolute atomic E-state index is 0.250. The summed E-state index contributed by atoms with van der Waals surface area (Å²) in [6.45, 7) is 2.22. The SMILES string of the molecule is Cc1sc(-c2ccccc2)cc1C(Nc1ccc(C(=O)O)cc1)C1CCCCC1. The number of carboxylic acids is 1. The van der Waals surface area contributed by atoms with Gasteiger partial charge in [-0.05, 0) is 67.1 Å². The van der Waals surface area contributed by atoms with Crippen LogP contribution in [0.5, 0.6) is 0 Å². The van der Waals surface area contributed by atoms with E-state index in [0.29, 0.717) is 11.5 Å². The van der Waals surface area contributed by atoms with Gasteiger partial charge in [0.15, 0.2) is 0 Å². The Morgan fingerprint density at radius 2 is 1.72 bits per heavy atom. The van der Waals surface area contributed by atoms with E-state index >= 15 is 0 Å². The summed E-state index contributed by atoms with van der Waals surface area (Å²) >= 11 is 1.86. The molecule has 3 nitrogen and oxygen atoms in total. The zero-order valence-corrected chi connectivity index (χ0v) is 17.5. The molecule has 4 rings (SSSR count). The molecular formula is C25H27NO2S. The predicted octanol–water partition coefficient (Wildman–Crippen LogP) is 7.16. The number of hydrogen-bond acceptors (Lipinski definition) is 3. The lowest BCUT2D eigenvalue weighted by Crippen LogP contribution is -2.23. The molecule has 1 aromatic heterocycles. The van der Waals surface area contributed by atoms with Crippen LogP contribution in [0.1, 0.15) is 58.9 Å². The second-order valence-corrected chi connectivity index (χ2v) is 9.15. The highest BCUT2D eigenvalue weighted by Gasteiger charge is 2.27. The number of carboxylic acid groups (broad SMARTS) is 1. The van der Waals surface area contributed by atoms with Gasteiger partial charge in [0.05, 0.1) is 11.6 Å². The van der Waals surface area contributed by atoms with Crippen LogP contribution in [0.25, 0.3) is 10.4 Å². The molecule has 1 fully saturated rings. The lowest BCUT2D eigenvalue weighted by atomic mass is 9.81. The minimum Gasteiger partial charge on any atom is -0.478 e. The average Bonchev–Trinajstić information content (AvgIpc) is 3.15. The summed E-state index contributed by atoms with van der Waals surface area (Å²) in [5.74, 6) is -0.290. The maximum atomic E-state index is 11.2. The zero-order chi connectivity index (χ0) is 20.2. The average molecular weight is 406 g/mol. The van der Waals surface area contributed by atoms with E-state index in [9.17, 15) is 4.79 Å². The highest BCUT2D eigenvalue weighted by Crippen LogP contribution is 2.42. The molecule has 0 amide bonds. The van der Waals surface area contributed by atoms with E-state index in [1.807, 2.05) is 23.5 Å². The minimum atomic E-state index is -0.887. The maximum absolute atomic E-state index is 11.2. The normalized spacial score (nSPS) is 15.8. The van der Waals surface area contributed by atoms with Crippen molar-refractivity contribution >= 4 is 23.0 Å². The number of hydrogen-bond donors (Lipinski definition) is 2. The Hall–Kier alpha value is -2.59. The third-order valence-corrected chi connectivity index (χ3v) is 7.04. The Bertz CT molecular complexity index is 956. The number of carbonyl (C=O) groups is 1. The molecule has 1 unspecified atom stereocenters. The van der Waals surface area contributed by atoms with E-state index in [-0.39, 0.29) is 6.04 Å². The predicted molar refractivity (Wildman–Crippen MR) is 121 cm³/mol. The summed E-state index contributed by atoms with van der Waals surface area (Å²) in [6, 6.07) is 20.3. The maximum Gasteiger partial charge on any atom is 0.335 e. The van der Waals surface area contributed by atoms with Gasteiger partial charge in [0.2, 0.25) is 0 Å². The van der Waals surface area contributed by atoms with Gasteiger partial charge in [-0.2, -0.15) is 0 Å². The summed E-state index contributed by atoms with van der Waals surface area (Å²) in [6.07, 6.45) is 6.38. The summed E-state index contributed by atoms with van der Waals surface area (Å²) in [5.41, 5.74) is 3.95. The number of thiophene rings is 1. The molecule has 29 heavy (non-hydrogen) atoms. The highest BCUT2D eigenvalue weighted by molar-refractivity contribution is 7.15. The van der Waals surface area contributed by atoms with Crippen LogP contribution >= 0.6 is 11.3 Å². The van der Waals surface area contributed by atoms with Crippen molar-refractivity contribution in [3.63, 3.8) is 0 Å². The van der Waals surface area contributed by atoms with E-state index in [1.54, 1.807) is 12.1 Å². The van der Waals surface area contributed by atoms with Crippen molar-refractivity contribution in [3.05, 3.63) is 76.7 Å². The van der Waals surface area contributed by atoms with Crippen LogP contribution in [-0.2, 0) is 0 Å². The summed E-state index contributed by atoms with van der Waals surface area (Å²) in [7, 11) is 0. The largest absolute Gasteiger partial charge is 0.478 e. The van der Waals surface area contributed by atoms with Crippen LogP contribution in [0, 0.1) is 12.8 Å². The Balaban J connectivity index is 1.65. The van der Waals surface area contributed by atoms with Crippen molar-refractivity contribution in [2.75, 3.05) is 5.32 Å². The monoisotopic (exact) mass is 405 g/mol. The first-order valence-electron chi connectivity index (χ1n) is 10.4. The molecule has 4 heteroatoms. The Kier molecular flexibility index (Phi) is 6.00. The van der Waals surface area contributed by atoms with Gasteiger partial charge in [0.25, 0.3) is 0 Å².